The number of carbonyl (C=O) groups is 1. The van der Waals surface area contributed by atoms with Crippen LogP contribution in [-0.2, 0) is 9.53 Å². The highest BCUT2D eigenvalue weighted by molar-refractivity contribution is 5.81. The number of nitrogens with zero attached hydrogens (tertiary/aromatic N) is 3. The van der Waals surface area contributed by atoms with E-state index in [-0.39, 0.29) is 19.0 Å². The highest BCUT2D eigenvalue weighted by atomic mass is 16.6. The largest absolute Gasteiger partial charge is 0.507 e. The van der Waals surface area contributed by atoms with E-state index in [1.807, 2.05) is 62.4 Å². The third-order valence-corrected chi connectivity index (χ3v) is 5.46. The van der Waals surface area contributed by atoms with Crippen LogP contribution in [-0.4, -0.2) is 52.5 Å². The van der Waals surface area contributed by atoms with E-state index in [0.717, 1.165) is 28.7 Å². The van der Waals surface area contributed by atoms with Gasteiger partial charge in [0, 0.05) is 23.3 Å². The van der Waals surface area contributed by atoms with Crippen molar-refractivity contribution in [3.05, 3.63) is 79.4 Å². The van der Waals surface area contributed by atoms with Crippen molar-refractivity contribution in [2.45, 2.75) is 13.8 Å². The molecule has 4 aromatic rings. The second-order valence-corrected chi connectivity index (χ2v) is 8.12. The Morgan fingerprint density at radius 1 is 0.744 bits per heavy atom. The zero-order valence-electron chi connectivity index (χ0n) is 21.8. The van der Waals surface area contributed by atoms with Crippen LogP contribution >= 0.6 is 0 Å². The van der Waals surface area contributed by atoms with E-state index in [0.29, 0.717) is 42.0 Å². The summed E-state index contributed by atoms with van der Waals surface area (Å²) in [5, 5.41) is 10.8. The molecule has 0 unspecified atom stereocenters. The maximum atomic E-state index is 11.2. The number of hydrogen-bond acceptors (Lipinski definition) is 9. The van der Waals surface area contributed by atoms with Crippen LogP contribution in [0.15, 0.2) is 79.4 Å². The smallest absolute Gasteiger partial charge is 0.330 e. The lowest BCUT2D eigenvalue weighted by molar-refractivity contribution is -0.138. The van der Waals surface area contributed by atoms with E-state index >= 15 is 0 Å². The number of aromatic nitrogens is 3. The molecule has 39 heavy (non-hydrogen) atoms. The lowest BCUT2D eigenvalue weighted by Crippen LogP contribution is -2.10. The van der Waals surface area contributed by atoms with Crippen LogP contribution < -0.4 is 14.2 Å². The SMILES string of the molecule is C=CC(=O)OCCOc1ccc(-c2nc(-c3ccc(OCC)cc3)nc(-c3ccc(OCC)cc3)n2)c(O)c1. The normalized spacial score (nSPS) is 10.5. The van der Waals surface area contributed by atoms with Gasteiger partial charge in [-0.05, 0) is 74.5 Å². The number of hydrogen-bond donors (Lipinski definition) is 1. The molecule has 0 aliphatic carbocycles. The number of benzene rings is 3. The summed E-state index contributed by atoms with van der Waals surface area (Å²) in [6.07, 6.45) is 1.08. The Kier molecular flexibility index (Phi) is 9.07. The summed E-state index contributed by atoms with van der Waals surface area (Å²) < 4.78 is 21.6. The fourth-order valence-electron chi connectivity index (χ4n) is 3.64. The molecule has 0 saturated carbocycles. The van der Waals surface area contributed by atoms with Gasteiger partial charge in [0.25, 0.3) is 0 Å². The average molecular weight is 528 g/mol. The van der Waals surface area contributed by atoms with Crippen molar-refractivity contribution >= 4 is 5.97 Å². The summed E-state index contributed by atoms with van der Waals surface area (Å²) in [4.78, 5) is 25.2. The van der Waals surface area contributed by atoms with Crippen LogP contribution in [0.4, 0.5) is 0 Å². The van der Waals surface area contributed by atoms with Gasteiger partial charge in [0.05, 0.1) is 18.8 Å². The maximum absolute atomic E-state index is 11.2. The molecule has 9 nitrogen and oxygen atoms in total. The minimum absolute atomic E-state index is 0.0533. The van der Waals surface area contributed by atoms with Crippen LogP contribution in [0.2, 0.25) is 0 Å². The van der Waals surface area contributed by atoms with Crippen molar-refractivity contribution in [1.82, 2.24) is 15.0 Å². The number of phenols is 1. The fourth-order valence-corrected chi connectivity index (χ4v) is 3.64. The van der Waals surface area contributed by atoms with Crippen molar-refractivity contribution in [2.75, 3.05) is 26.4 Å². The molecule has 0 radical (unpaired) electrons. The Balaban J connectivity index is 1.67. The molecule has 1 aromatic heterocycles. The number of aromatic hydroxyl groups is 1. The molecule has 0 aliphatic heterocycles. The Morgan fingerprint density at radius 2 is 1.26 bits per heavy atom. The van der Waals surface area contributed by atoms with Crippen molar-refractivity contribution in [2.24, 2.45) is 0 Å². The average Bonchev–Trinajstić information content (AvgIpc) is 2.96. The lowest BCUT2D eigenvalue weighted by atomic mass is 10.1. The molecule has 3 aromatic carbocycles. The topological polar surface area (TPSA) is 113 Å². The fraction of sp³-hybridized carbons (Fsp3) is 0.200. The van der Waals surface area contributed by atoms with Gasteiger partial charge in [0.2, 0.25) is 0 Å². The summed E-state index contributed by atoms with van der Waals surface area (Å²) in [6, 6.07) is 19.7. The number of rotatable bonds is 12. The highest BCUT2D eigenvalue weighted by Crippen LogP contribution is 2.33. The molecular weight excluding hydrogens is 498 g/mol. The van der Waals surface area contributed by atoms with Crippen molar-refractivity contribution in [3.63, 3.8) is 0 Å². The van der Waals surface area contributed by atoms with E-state index in [1.54, 1.807) is 12.1 Å². The van der Waals surface area contributed by atoms with E-state index in [9.17, 15) is 9.90 Å². The predicted octanol–water partition coefficient (Wildman–Crippen LogP) is 5.48. The Hall–Kier alpha value is -4.92. The van der Waals surface area contributed by atoms with Crippen molar-refractivity contribution in [3.8, 4) is 57.2 Å². The third-order valence-electron chi connectivity index (χ3n) is 5.46. The van der Waals surface area contributed by atoms with Gasteiger partial charge in [0.1, 0.15) is 36.2 Å². The first kappa shape index (κ1) is 27.1. The molecular formula is C30H29N3O6. The molecule has 200 valence electrons. The van der Waals surface area contributed by atoms with E-state index in [1.165, 1.54) is 6.07 Å². The quantitative estimate of drug-likeness (QED) is 0.145. The standard InChI is InChI=1S/C30H29N3O6/c1-4-27(35)39-18-17-38-24-15-16-25(26(34)19-24)30-32-28(20-7-11-22(12-8-20)36-5-2)31-29(33-30)21-9-13-23(14-10-21)37-6-3/h4,7-16,19,34H,1,5-6,17-18H2,2-3H3. The summed E-state index contributed by atoms with van der Waals surface area (Å²) in [6.45, 7) is 8.50. The van der Waals surface area contributed by atoms with Gasteiger partial charge in [-0.15, -0.1) is 0 Å². The molecule has 0 saturated heterocycles. The van der Waals surface area contributed by atoms with Gasteiger partial charge in [-0.2, -0.15) is 0 Å². The Morgan fingerprint density at radius 3 is 1.74 bits per heavy atom. The second kappa shape index (κ2) is 13.0. The maximum Gasteiger partial charge on any atom is 0.330 e. The summed E-state index contributed by atoms with van der Waals surface area (Å²) >= 11 is 0. The van der Waals surface area contributed by atoms with E-state index < -0.39 is 5.97 Å². The van der Waals surface area contributed by atoms with Crippen LogP contribution in [0.3, 0.4) is 0 Å². The Labute approximate surface area is 226 Å². The van der Waals surface area contributed by atoms with Crippen LogP contribution in [0.1, 0.15) is 13.8 Å². The van der Waals surface area contributed by atoms with E-state index in [4.69, 9.17) is 23.9 Å². The first-order valence-corrected chi connectivity index (χ1v) is 12.5. The minimum atomic E-state index is -0.529. The molecule has 0 atom stereocenters. The molecule has 0 bridgehead atoms. The van der Waals surface area contributed by atoms with Crippen LogP contribution in [0, 0.1) is 0 Å². The molecule has 0 spiro atoms. The van der Waals surface area contributed by atoms with Gasteiger partial charge in [-0.3, -0.25) is 0 Å². The van der Waals surface area contributed by atoms with Crippen molar-refractivity contribution < 1.29 is 28.8 Å². The summed E-state index contributed by atoms with van der Waals surface area (Å²) in [7, 11) is 0. The molecule has 1 heterocycles. The monoisotopic (exact) mass is 527 g/mol. The molecule has 0 aliphatic rings. The summed E-state index contributed by atoms with van der Waals surface area (Å²) in [5.41, 5.74) is 1.94. The molecule has 0 fully saturated rings. The summed E-state index contributed by atoms with van der Waals surface area (Å²) in [5.74, 6) is 2.46. The van der Waals surface area contributed by atoms with Gasteiger partial charge in [-0.1, -0.05) is 6.58 Å². The highest BCUT2D eigenvalue weighted by Gasteiger charge is 2.16. The van der Waals surface area contributed by atoms with Gasteiger partial charge < -0.3 is 24.1 Å². The lowest BCUT2D eigenvalue weighted by Gasteiger charge is -2.12. The second-order valence-electron chi connectivity index (χ2n) is 8.12. The van der Waals surface area contributed by atoms with Crippen molar-refractivity contribution in [1.29, 1.82) is 0 Å². The molecule has 9 heteroatoms. The third kappa shape index (κ3) is 7.10. The number of ether oxygens (including phenoxy) is 4. The first-order valence-electron chi connectivity index (χ1n) is 12.5. The predicted molar refractivity (Wildman–Crippen MR) is 147 cm³/mol. The molecule has 0 amide bonds. The van der Waals surface area contributed by atoms with E-state index in [2.05, 4.69) is 16.5 Å². The zero-order valence-corrected chi connectivity index (χ0v) is 21.8. The number of phenolic OH excluding ortho intramolecular Hbond substituents is 1. The first-order chi connectivity index (χ1) is 19.0. The van der Waals surface area contributed by atoms with Gasteiger partial charge in [0.15, 0.2) is 17.5 Å². The van der Waals surface area contributed by atoms with Crippen LogP contribution in [0.25, 0.3) is 34.2 Å². The number of esters is 1. The Bertz CT molecular complexity index is 1350. The number of carbonyl (C=O) groups excluding carboxylic acids is 1. The van der Waals surface area contributed by atoms with Gasteiger partial charge >= 0.3 is 5.97 Å². The minimum Gasteiger partial charge on any atom is -0.507 e. The molecule has 4 rings (SSSR count). The zero-order chi connectivity index (χ0) is 27.6. The van der Waals surface area contributed by atoms with Gasteiger partial charge in [-0.25, -0.2) is 19.7 Å². The molecule has 1 N–H and O–H groups in total. The van der Waals surface area contributed by atoms with Crippen LogP contribution in [0.5, 0.6) is 23.0 Å².